The van der Waals surface area contributed by atoms with Gasteiger partial charge in [0.25, 0.3) is 0 Å². The number of nitrogens with one attached hydrogen (secondary N) is 1. The molecule has 1 fully saturated rings. The van der Waals surface area contributed by atoms with Gasteiger partial charge in [-0.3, -0.25) is 9.69 Å². The lowest BCUT2D eigenvalue weighted by molar-refractivity contribution is -0.115. The molecule has 2 heterocycles. The van der Waals surface area contributed by atoms with E-state index in [-0.39, 0.29) is 5.91 Å². The van der Waals surface area contributed by atoms with Crippen LogP contribution in [0.3, 0.4) is 0 Å². The molecule has 1 saturated heterocycles. The van der Waals surface area contributed by atoms with Crippen molar-refractivity contribution < 1.29 is 4.79 Å². The first-order chi connectivity index (χ1) is 17.1. The van der Waals surface area contributed by atoms with Crippen LogP contribution >= 0.6 is 23.1 Å². The van der Waals surface area contributed by atoms with Gasteiger partial charge in [0.15, 0.2) is 0 Å². The van der Waals surface area contributed by atoms with Crippen LogP contribution in [-0.4, -0.2) is 47.9 Å². The highest BCUT2D eigenvalue weighted by atomic mass is 35.5. The van der Waals surface area contributed by atoms with E-state index in [1.807, 2.05) is 36.4 Å². The number of halogens is 1. The van der Waals surface area contributed by atoms with Crippen molar-refractivity contribution in [3.05, 3.63) is 88.9 Å². The van der Waals surface area contributed by atoms with Crippen molar-refractivity contribution in [2.75, 3.05) is 42.9 Å². The standard InChI is InChI=1S/C28H29ClN4OS/c29-23-11-7-22(8-12-23)20-27(34)30-24-13-9-21(10-14-24)4-3-15-32-16-18-33(19-17-32)28-25-5-1-2-6-26(25)35-31-28/h1-2,5-14H,3-4,15-20H2,(H,30,34). The highest BCUT2D eigenvalue weighted by molar-refractivity contribution is 7.13. The lowest BCUT2D eigenvalue weighted by Crippen LogP contribution is -2.46. The van der Waals surface area contributed by atoms with Crippen LogP contribution in [0.1, 0.15) is 17.5 Å². The van der Waals surface area contributed by atoms with Gasteiger partial charge in [0, 0.05) is 42.3 Å². The van der Waals surface area contributed by atoms with E-state index in [0.29, 0.717) is 11.4 Å². The molecule has 1 aromatic heterocycles. The Labute approximate surface area is 215 Å². The normalized spacial score (nSPS) is 14.4. The highest BCUT2D eigenvalue weighted by Gasteiger charge is 2.20. The summed E-state index contributed by atoms with van der Waals surface area (Å²) in [5.41, 5.74) is 3.08. The fourth-order valence-corrected chi connectivity index (χ4v) is 5.46. The van der Waals surface area contributed by atoms with Gasteiger partial charge in [-0.2, -0.15) is 4.37 Å². The number of rotatable bonds is 8. The van der Waals surface area contributed by atoms with E-state index in [1.165, 1.54) is 15.6 Å². The van der Waals surface area contributed by atoms with Gasteiger partial charge in [0.2, 0.25) is 5.91 Å². The van der Waals surface area contributed by atoms with E-state index in [0.717, 1.165) is 62.6 Å². The number of carbonyl (C=O) groups is 1. The second-order valence-corrected chi connectivity index (χ2v) is 10.2. The maximum atomic E-state index is 12.3. The summed E-state index contributed by atoms with van der Waals surface area (Å²) >= 11 is 7.50. The Bertz CT molecular complexity index is 1260. The molecule has 0 atom stereocenters. The highest BCUT2D eigenvalue weighted by Crippen LogP contribution is 2.29. The van der Waals surface area contributed by atoms with Gasteiger partial charge in [-0.25, -0.2) is 0 Å². The van der Waals surface area contributed by atoms with E-state index in [1.54, 1.807) is 11.5 Å². The van der Waals surface area contributed by atoms with Crippen LogP contribution in [-0.2, 0) is 17.6 Å². The molecular formula is C28H29ClN4OS. The molecule has 1 aliphatic heterocycles. The third kappa shape index (κ3) is 6.20. The summed E-state index contributed by atoms with van der Waals surface area (Å²) in [7, 11) is 0. The molecule has 0 unspecified atom stereocenters. The van der Waals surface area contributed by atoms with E-state index in [4.69, 9.17) is 16.0 Å². The molecule has 3 aromatic carbocycles. The zero-order valence-electron chi connectivity index (χ0n) is 19.6. The molecule has 0 bridgehead atoms. The maximum absolute atomic E-state index is 12.3. The Morgan fingerprint density at radius 1 is 0.914 bits per heavy atom. The minimum Gasteiger partial charge on any atom is -0.353 e. The SMILES string of the molecule is O=C(Cc1ccc(Cl)cc1)Nc1ccc(CCCN2CCN(c3nsc4ccccc34)CC2)cc1. The minimum atomic E-state index is -0.0233. The van der Waals surface area contributed by atoms with E-state index < -0.39 is 0 Å². The van der Waals surface area contributed by atoms with E-state index in [2.05, 4.69) is 51.5 Å². The third-order valence-corrected chi connectivity index (χ3v) is 7.55. The van der Waals surface area contributed by atoms with Gasteiger partial charge in [-0.15, -0.1) is 0 Å². The van der Waals surface area contributed by atoms with Crippen molar-refractivity contribution in [2.24, 2.45) is 0 Å². The van der Waals surface area contributed by atoms with Gasteiger partial charge < -0.3 is 10.2 Å². The number of hydrogen-bond acceptors (Lipinski definition) is 5. The van der Waals surface area contributed by atoms with Crippen molar-refractivity contribution in [2.45, 2.75) is 19.3 Å². The first-order valence-corrected chi connectivity index (χ1v) is 13.2. The number of benzene rings is 3. The average molecular weight is 505 g/mol. The summed E-state index contributed by atoms with van der Waals surface area (Å²) in [6, 6.07) is 24.1. The number of anilines is 2. The van der Waals surface area contributed by atoms with Crippen LogP contribution in [0, 0.1) is 0 Å². The van der Waals surface area contributed by atoms with Crippen LogP contribution in [0.15, 0.2) is 72.8 Å². The summed E-state index contributed by atoms with van der Waals surface area (Å²) in [5.74, 6) is 1.12. The Hall–Kier alpha value is -2.93. The quantitative estimate of drug-likeness (QED) is 0.325. The second-order valence-electron chi connectivity index (χ2n) is 8.98. The predicted octanol–water partition coefficient (Wildman–Crippen LogP) is 5.89. The average Bonchev–Trinajstić information content (AvgIpc) is 3.31. The number of amides is 1. The summed E-state index contributed by atoms with van der Waals surface area (Å²) < 4.78 is 5.97. The Morgan fingerprint density at radius 3 is 2.40 bits per heavy atom. The van der Waals surface area contributed by atoms with Crippen LogP contribution in [0.25, 0.3) is 10.1 Å². The van der Waals surface area contributed by atoms with Gasteiger partial charge in [0.1, 0.15) is 5.82 Å². The number of fused-ring (bicyclic) bond motifs is 1. The molecule has 0 spiro atoms. The van der Waals surface area contributed by atoms with Crippen LogP contribution in [0.5, 0.6) is 0 Å². The summed E-state index contributed by atoms with van der Waals surface area (Å²) in [6.07, 6.45) is 2.50. The predicted molar refractivity (Wildman–Crippen MR) is 147 cm³/mol. The number of piperazine rings is 1. The number of carbonyl (C=O) groups excluding carboxylic acids is 1. The molecular weight excluding hydrogens is 476 g/mol. The van der Waals surface area contributed by atoms with Crippen molar-refractivity contribution in [3.63, 3.8) is 0 Å². The van der Waals surface area contributed by atoms with Crippen LogP contribution in [0.2, 0.25) is 5.02 Å². The fourth-order valence-electron chi connectivity index (χ4n) is 4.54. The van der Waals surface area contributed by atoms with Crippen molar-refractivity contribution in [1.29, 1.82) is 0 Å². The Morgan fingerprint density at radius 2 is 1.63 bits per heavy atom. The zero-order valence-corrected chi connectivity index (χ0v) is 21.2. The Kier molecular flexibility index (Phi) is 7.62. The summed E-state index contributed by atoms with van der Waals surface area (Å²) in [5, 5.41) is 4.93. The van der Waals surface area contributed by atoms with Gasteiger partial charge >= 0.3 is 0 Å². The van der Waals surface area contributed by atoms with E-state index >= 15 is 0 Å². The molecule has 180 valence electrons. The number of nitrogens with zero attached hydrogens (tertiary/aromatic N) is 3. The first-order valence-electron chi connectivity index (χ1n) is 12.1. The molecule has 0 aliphatic carbocycles. The molecule has 35 heavy (non-hydrogen) atoms. The van der Waals surface area contributed by atoms with Crippen molar-refractivity contribution in [1.82, 2.24) is 9.27 Å². The molecule has 5 rings (SSSR count). The second kappa shape index (κ2) is 11.2. The zero-order chi connectivity index (χ0) is 24.0. The minimum absolute atomic E-state index is 0.0233. The molecule has 1 amide bonds. The number of aromatic nitrogens is 1. The molecule has 0 saturated carbocycles. The maximum Gasteiger partial charge on any atom is 0.228 e. The third-order valence-electron chi connectivity index (χ3n) is 6.49. The van der Waals surface area contributed by atoms with Crippen molar-refractivity contribution in [3.8, 4) is 0 Å². The van der Waals surface area contributed by atoms with Crippen LogP contribution < -0.4 is 10.2 Å². The summed E-state index contributed by atoms with van der Waals surface area (Å²) in [4.78, 5) is 17.3. The molecule has 1 aliphatic rings. The topological polar surface area (TPSA) is 48.5 Å². The Balaban J connectivity index is 1.03. The fraction of sp³-hybridized carbons (Fsp3) is 0.286. The molecule has 4 aromatic rings. The lowest BCUT2D eigenvalue weighted by atomic mass is 10.1. The smallest absolute Gasteiger partial charge is 0.228 e. The van der Waals surface area contributed by atoms with Gasteiger partial charge in [-0.05, 0) is 78.4 Å². The lowest BCUT2D eigenvalue weighted by Gasteiger charge is -2.35. The number of aryl methyl sites for hydroxylation is 1. The first kappa shape index (κ1) is 23.8. The largest absolute Gasteiger partial charge is 0.353 e. The van der Waals surface area contributed by atoms with Crippen molar-refractivity contribution >= 4 is 50.6 Å². The molecule has 5 nitrogen and oxygen atoms in total. The monoisotopic (exact) mass is 504 g/mol. The molecule has 0 radical (unpaired) electrons. The van der Waals surface area contributed by atoms with Gasteiger partial charge in [0.05, 0.1) is 11.1 Å². The van der Waals surface area contributed by atoms with E-state index in [9.17, 15) is 4.79 Å². The number of hydrogen-bond donors (Lipinski definition) is 1. The summed E-state index contributed by atoms with van der Waals surface area (Å²) in [6.45, 7) is 5.30. The molecule has 7 heteroatoms. The van der Waals surface area contributed by atoms with Gasteiger partial charge in [-0.1, -0.05) is 48.0 Å². The molecule has 1 N–H and O–H groups in total. The van der Waals surface area contributed by atoms with Crippen LogP contribution in [0.4, 0.5) is 11.5 Å².